The molecule has 5 aromatic rings. The number of amides is 2. The highest BCUT2D eigenvalue weighted by Gasteiger charge is 2.30. The van der Waals surface area contributed by atoms with Crippen molar-refractivity contribution in [1.29, 1.82) is 0 Å². The van der Waals surface area contributed by atoms with Gasteiger partial charge in [0.05, 0.1) is 17.8 Å². The molecule has 1 aliphatic rings. The number of imidazole rings is 1. The van der Waals surface area contributed by atoms with E-state index in [4.69, 9.17) is 5.10 Å². The highest BCUT2D eigenvalue weighted by atomic mass is 16.2. The topological polar surface area (TPSA) is 119 Å². The van der Waals surface area contributed by atoms with E-state index in [-0.39, 0.29) is 23.7 Å². The molecular weight excluding hydrogens is 456 g/mol. The Labute approximate surface area is 206 Å². The number of pyridine rings is 1. The van der Waals surface area contributed by atoms with Crippen LogP contribution in [-0.2, 0) is 4.79 Å². The van der Waals surface area contributed by atoms with Crippen LogP contribution in [0.15, 0.2) is 60.9 Å². The number of nitrogens with one attached hydrogen (secondary N) is 2. The summed E-state index contributed by atoms with van der Waals surface area (Å²) >= 11 is 0. The van der Waals surface area contributed by atoms with E-state index in [9.17, 15) is 9.59 Å². The summed E-state index contributed by atoms with van der Waals surface area (Å²) in [6.45, 7) is 2.03. The number of fused-ring (bicyclic) bond motifs is 2. The van der Waals surface area contributed by atoms with Crippen LogP contribution in [0.1, 0.15) is 47.6 Å². The molecule has 1 unspecified atom stereocenters. The molecule has 1 aliphatic carbocycles. The molecule has 1 aromatic carbocycles. The first-order chi connectivity index (χ1) is 17.5. The van der Waals surface area contributed by atoms with Crippen molar-refractivity contribution in [3.8, 4) is 11.1 Å². The van der Waals surface area contributed by atoms with Crippen molar-refractivity contribution in [2.75, 3.05) is 12.4 Å². The molecule has 4 aromatic heterocycles. The van der Waals surface area contributed by atoms with Crippen LogP contribution >= 0.6 is 0 Å². The summed E-state index contributed by atoms with van der Waals surface area (Å²) in [7, 11) is 1.62. The molecule has 4 heterocycles. The van der Waals surface area contributed by atoms with E-state index in [2.05, 4.69) is 25.8 Å². The van der Waals surface area contributed by atoms with Gasteiger partial charge in [0, 0.05) is 24.7 Å². The Balaban J connectivity index is 1.30. The zero-order valence-corrected chi connectivity index (χ0v) is 19.8. The second kappa shape index (κ2) is 8.56. The Morgan fingerprint density at radius 1 is 0.944 bits per heavy atom. The average molecular weight is 481 g/mol. The lowest BCUT2D eigenvalue weighted by Crippen LogP contribution is -2.17. The molecule has 0 bridgehead atoms. The van der Waals surface area contributed by atoms with Crippen molar-refractivity contribution in [1.82, 2.24) is 34.5 Å². The number of rotatable bonds is 6. The summed E-state index contributed by atoms with van der Waals surface area (Å²) in [5, 5.41) is 19.0. The van der Waals surface area contributed by atoms with Crippen LogP contribution < -0.4 is 10.6 Å². The Bertz CT molecular complexity index is 1610. The molecule has 1 atom stereocenters. The van der Waals surface area contributed by atoms with Gasteiger partial charge in [-0.15, -0.1) is 10.2 Å². The second-order valence-corrected chi connectivity index (χ2v) is 9.03. The Morgan fingerprint density at radius 2 is 1.69 bits per heavy atom. The third kappa shape index (κ3) is 3.96. The van der Waals surface area contributed by atoms with Crippen molar-refractivity contribution >= 4 is 28.9 Å². The highest BCUT2D eigenvalue weighted by molar-refractivity contribution is 5.94. The number of carbonyl (C=O) groups is 2. The maximum Gasteiger partial charge on any atom is 0.251 e. The lowest BCUT2D eigenvalue weighted by atomic mass is 10.0. The minimum atomic E-state index is -0.151. The molecule has 0 spiro atoms. The smallest absolute Gasteiger partial charge is 0.251 e. The van der Waals surface area contributed by atoms with Crippen LogP contribution in [0, 0.1) is 5.92 Å². The van der Waals surface area contributed by atoms with E-state index in [0.717, 1.165) is 41.1 Å². The molecule has 2 N–H and O–H groups in total. The van der Waals surface area contributed by atoms with Crippen LogP contribution in [0.2, 0.25) is 0 Å². The maximum atomic E-state index is 12.1. The van der Waals surface area contributed by atoms with Crippen molar-refractivity contribution in [2.24, 2.45) is 5.92 Å². The normalized spacial score (nSPS) is 14.2. The predicted octanol–water partition coefficient (Wildman–Crippen LogP) is 3.30. The molecule has 1 saturated carbocycles. The van der Waals surface area contributed by atoms with Gasteiger partial charge < -0.3 is 10.6 Å². The van der Waals surface area contributed by atoms with Crippen LogP contribution in [0.25, 0.3) is 22.4 Å². The minimum absolute atomic E-state index is 0.0148. The van der Waals surface area contributed by atoms with Crippen molar-refractivity contribution in [3.05, 3.63) is 78.0 Å². The van der Waals surface area contributed by atoms with Crippen molar-refractivity contribution < 1.29 is 9.59 Å². The van der Waals surface area contributed by atoms with E-state index in [0.29, 0.717) is 17.0 Å². The van der Waals surface area contributed by atoms with E-state index < -0.39 is 0 Å². The summed E-state index contributed by atoms with van der Waals surface area (Å²) in [5.41, 5.74) is 4.76. The quantitative estimate of drug-likeness (QED) is 0.385. The zero-order chi connectivity index (χ0) is 24.8. The van der Waals surface area contributed by atoms with Gasteiger partial charge in [0.25, 0.3) is 5.91 Å². The second-order valence-electron chi connectivity index (χ2n) is 9.03. The molecule has 10 nitrogen and oxygen atoms in total. The molecule has 0 radical (unpaired) electrons. The molecule has 6 rings (SSSR count). The summed E-state index contributed by atoms with van der Waals surface area (Å²) < 4.78 is 3.64. The first kappa shape index (κ1) is 21.9. The number of anilines is 1. The first-order valence-electron chi connectivity index (χ1n) is 11.8. The summed E-state index contributed by atoms with van der Waals surface area (Å²) in [6.07, 6.45) is 5.61. The van der Waals surface area contributed by atoms with Crippen molar-refractivity contribution in [2.45, 2.75) is 25.7 Å². The number of carbonyl (C=O) groups excluding carboxylic acids is 2. The zero-order valence-electron chi connectivity index (χ0n) is 19.8. The van der Waals surface area contributed by atoms with Gasteiger partial charge in [-0.2, -0.15) is 5.10 Å². The van der Waals surface area contributed by atoms with E-state index in [1.54, 1.807) is 29.9 Å². The Kier molecular flexibility index (Phi) is 5.21. The van der Waals surface area contributed by atoms with Gasteiger partial charge in [-0.25, -0.2) is 9.50 Å². The third-order valence-corrected chi connectivity index (χ3v) is 6.51. The van der Waals surface area contributed by atoms with Gasteiger partial charge in [-0.05, 0) is 67.3 Å². The van der Waals surface area contributed by atoms with E-state index in [1.807, 2.05) is 53.9 Å². The molecule has 0 saturated heterocycles. The lowest BCUT2D eigenvalue weighted by Gasteiger charge is -2.11. The Hall–Kier alpha value is -4.60. The van der Waals surface area contributed by atoms with Crippen LogP contribution in [0.4, 0.5) is 5.82 Å². The van der Waals surface area contributed by atoms with Crippen LogP contribution in [0.5, 0.6) is 0 Å². The van der Waals surface area contributed by atoms with Gasteiger partial charge in [0.1, 0.15) is 5.82 Å². The molecule has 1 fully saturated rings. The van der Waals surface area contributed by atoms with Crippen LogP contribution in [-0.4, -0.2) is 48.1 Å². The first-order valence-corrected chi connectivity index (χ1v) is 11.8. The fourth-order valence-electron chi connectivity index (χ4n) is 4.23. The molecule has 36 heavy (non-hydrogen) atoms. The average Bonchev–Trinajstić information content (AvgIpc) is 3.56. The predicted molar refractivity (Wildman–Crippen MR) is 134 cm³/mol. The van der Waals surface area contributed by atoms with E-state index in [1.165, 1.54) is 0 Å². The third-order valence-electron chi connectivity index (χ3n) is 6.51. The number of nitrogens with zero attached hydrogens (tertiary/aromatic N) is 6. The summed E-state index contributed by atoms with van der Waals surface area (Å²) in [5.74, 6) is 1.11. The molecule has 2 amide bonds. The van der Waals surface area contributed by atoms with E-state index >= 15 is 0 Å². The molecule has 10 heteroatoms. The van der Waals surface area contributed by atoms with Gasteiger partial charge >= 0.3 is 0 Å². The SMILES string of the molecule is CNC(=O)c1ccc(-c2ccc3nnc(C(C)c4ccc5nc(NC(=O)C6CC6)cn5n4)n3c2)cc1. The standard InChI is InChI=1S/C26H24N8O2/c1-15(20-10-12-22-28-21(14-34(22)32-20)29-26(36)18-7-8-18)24-31-30-23-11-9-19(13-33(23)24)16-3-5-17(6-4-16)25(35)27-2/h3-6,9-15,18H,7-8H2,1-2H3,(H,27,35)(H,29,36). The number of hydrogen-bond acceptors (Lipinski definition) is 6. The van der Waals surface area contributed by atoms with Crippen molar-refractivity contribution in [3.63, 3.8) is 0 Å². The minimum Gasteiger partial charge on any atom is -0.355 e. The van der Waals surface area contributed by atoms with Gasteiger partial charge in [0.2, 0.25) is 5.91 Å². The van der Waals surface area contributed by atoms with Gasteiger partial charge in [-0.1, -0.05) is 12.1 Å². The largest absolute Gasteiger partial charge is 0.355 e. The maximum absolute atomic E-state index is 12.1. The Morgan fingerprint density at radius 3 is 2.44 bits per heavy atom. The monoisotopic (exact) mass is 480 g/mol. The lowest BCUT2D eigenvalue weighted by molar-refractivity contribution is -0.117. The van der Waals surface area contributed by atoms with Gasteiger partial charge in [0.15, 0.2) is 17.1 Å². The number of aromatic nitrogens is 6. The van der Waals surface area contributed by atoms with Gasteiger partial charge in [-0.3, -0.25) is 14.0 Å². The summed E-state index contributed by atoms with van der Waals surface area (Å²) in [4.78, 5) is 28.4. The number of hydrogen-bond donors (Lipinski definition) is 2. The fourth-order valence-corrected chi connectivity index (χ4v) is 4.23. The molecule has 0 aliphatic heterocycles. The summed E-state index contributed by atoms with van der Waals surface area (Å²) in [6, 6.07) is 15.2. The number of benzene rings is 1. The highest BCUT2D eigenvalue weighted by Crippen LogP contribution is 2.30. The van der Waals surface area contributed by atoms with Crippen LogP contribution in [0.3, 0.4) is 0 Å². The molecule has 180 valence electrons. The molecular formula is C26H24N8O2. The fraction of sp³-hybridized carbons (Fsp3) is 0.231.